The molecule has 0 aliphatic heterocycles. The Kier molecular flexibility index (Phi) is 12.2. The normalized spacial score (nSPS) is 10.9. The second kappa shape index (κ2) is 18.0. The van der Waals surface area contributed by atoms with E-state index in [1.807, 2.05) is 44.3 Å². The number of rotatable bonds is 7. The molecule has 0 unspecified atom stereocenters. The molecule has 0 bridgehead atoms. The smallest absolute Gasteiger partial charge is 0.0467 e. The molecule has 0 atom stereocenters. The second-order valence-electron chi connectivity index (χ2n) is 13.8. The van der Waals surface area contributed by atoms with Crippen molar-refractivity contribution in [2.45, 2.75) is 34.6 Å². The van der Waals surface area contributed by atoms with Crippen LogP contribution in [0.2, 0.25) is 0 Å². The minimum atomic E-state index is 1.14. The third kappa shape index (κ3) is 7.96. The van der Waals surface area contributed by atoms with Gasteiger partial charge in [0.25, 0.3) is 0 Å². The predicted molar refractivity (Wildman–Crippen MR) is 254 cm³/mol. The summed E-state index contributed by atoms with van der Waals surface area (Å²) in [5.41, 5.74) is 13.5. The van der Waals surface area contributed by atoms with Gasteiger partial charge in [0.2, 0.25) is 0 Å². The number of para-hydroxylation sites is 2. The van der Waals surface area contributed by atoms with E-state index >= 15 is 0 Å². The van der Waals surface area contributed by atoms with Crippen LogP contribution in [0.3, 0.4) is 0 Å². The minimum absolute atomic E-state index is 1.14. The number of allylic oxidation sites excluding steroid dienone is 3. The van der Waals surface area contributed by atoms with Crippen LogP contribution in [-0.4, -0.2) is 0 Å². The summed E-state index contributed by atoms with van der Waals surface area (Å²) in [6.07, 6.45) is 5.58. The SMILES string of the molecule is C=C/C=C\C.CC.Cc1cc(-c2ccc(-c3cccc4c3sc3ccccc34)c3ccccc23)ccc1-c1cc(N(c2ccccc2)c2ccccc2)ccc1C. The molecule has 1 aromatic heterocycles. The van der Waals surface area contributed by atoms with Crippen molar-refractivity contribution in [1.82, 2.24) is 0 Å². The van der Waals surface area contributed by atoms with Crippen LogP contribution in [0.25, 0.3) is 64.3 Å². The molecular weight excluding hydrogens is 707 g/mol. The fraction of sp³-hybridized carbons (Fsp3) is 0.0909. The van der Waals surface area contributed by atoms with E-state index in [0.717, 1.165) is 17.1 Å². The van der Waals surface area contributed by atoms with E-state index in [1.54, 1.807) is 6.08 Å². The van der Waals surface area contributed by atoms with Gasteiger partial charge < -0.3 is 4.90 Å². The van der Waals surface area contributed by atoms with E-state index in [0.29, 0.717) is 0 Å². The maximum absolute atomic E-state index is 3.46. The van der Waals surface area contributed by atoms with Crippen molar-refractivity contribution in [1.29, 1.82) is 0 Å². The molecule has 1 heterocycles. The van der Waals surface area contributed by atoms with Gasteiger partial charge in [0, 0.05) is 42.8 Å². The lowest BCUT2D eigenvalue weighted by Gasteiger charge is -2.26. The third-order valence-electron chi connectivity index (χ3n) is 10.3. The first-order chi connectivity index (χ1) is 28.1. The quantitative estimate of drug-likeness (QED) is 0.146. The van der Waals surface area contributed by atoms with E-state index in [-0.39, 0.29) is 0 Å². The molecule has 0 aliphatic rings. The minimum Gasteiger partial charge on any atom is -0.310 e. The average Bonchev–Trinajstić information content (AvgIpc) is 3.65. The van der Waals surface area contributed by atoms with Crippen LogP contribution < -0.4 is 4.90 Å². The molecule has 0 aliphatic carbocycles. The van der Waals surface area contributed by atoms with Crippen LogP contribution in [0.15, 0.2) is 201 Å². The Morgan fingerprint density at radius 2 is 1.04 bits per heavy atom. The largest absolute Gasteiger partial charge is 0.310 e. The summed E-state index contributed by atoms with van der Waals surface area (Å²) < 4.78 is 2.68. The van der Waals surface area contributed by atoms with Crippen molar-refractivity contribution < 1.29 is 0 Å². The summed E-state index contributed by atoms with van der Waals surface area (Å²) in [5, 5.41) is 5.22. The zero-order valence-electron chi connectivity index (χ0n) is 33.5. The Labute approximate surface area is 342 Å². The molecular formula is C55H49NS. The van der Waals surface area contributed by atoms with Crippen LogP contribution in [-0.2, 0) is 0 Å². The first-order valence-corrected chi connectivity index (χ1v) is 20.7. The summed E-state index contributed by atoms with van der Waals surface area (Å²) in [5.74, 6) is 0. The van der Waals surface area contributed by atoms with Gasteiger partial charge in [-0.25, -0.2) is 0 Å². The second-order valence-corrected chi connectivity index (χ2v) is 14.8. The van der Waals surface area contributed by atoms with E-state index in [2.05, 4.69) is 201 Å². The fourth-order valence-corrected chi connectivity index (χ4v) is 8.89. The maximum atomic E-state index is 3.46. The summed E-state index contributed by atoms with van der Waals surface area (Å²) in [6.45, 7) is 13.9. The van der Waals surface area contributed by atoms with Gasteiger partial charge in [-0.2, -0.15) is 0 Å². The molecule has 9 aromatic rings. The van der Waals surface area contributed by atoms with Crippen LogP contribution in [0, 0.1) is 13.8 Å². The highest BCUT2D eigenvalue weighted by molar-refractivity contribution is 7.26. The van der Waals surface area contributed by atoms with Crippen LogP contribution in [0.4, 0.5) is 17.1 Å². The molecule has 0 fully saturated rings. The molecule has 0 saturated heterocycles. The summed E-state index contributed by atoms with van der Waals surface area (Å²) in [7, 11) is 0. The summed E-state index contributed by atoms with van der Waals surface area (Å²) in [6, 6.07) is 64.1. The van der Waals surface area contributed by atoms with Gasteiger partial charge in [-0.1, -0.05) is 172 Å². The standard InChI is InChI=1S/C48H35NS.C5H8.C2H6/c1-32-24-26-37(49(35-14-5-3-6-15-35)36-16-7-4-8-17-36)31-46(32)38-27-25-34(30-33(38)2)39-28-29-42(41-19-10-9-18-40(39)41)44-21-13-22-45-43-20-11-12-23-47(43)50-48(44)45;1-3-5-4-2;1-2/h3-31H,1-2H3;3-5H,1H2,2H3;1-2H3/b;5-4-;. The monoisotopic (exact) mass is 755 g/mol. The number of benzene rings is 8. The van der Waals surface area contributed by atoms with Crippen molar-refractivity contribution in [2.75, 3.05) is 4.90 Å². The molecule has 0 amide bonds. The Morgan fingerprint density at radius 1 is 0.456 bits per heavy atom. The molecule has 0 radical (unpaired) electrons. The van der Waals surface area contributed by atoms with E-state index in [9.17, 15) is 0 Å². The maximum Gasteiger partial charge on any atom is 0.0467 e. The van der Waals surface area contributed by atoms with E-state index in [1.165, 1.54) is 75.5 Å². The first-order valence-electron chi connectivity index (χ1n) is 19.8. The summed E-state index contributed by atoms with van der Waals surface area (Å²) in [4.78, 5) is 2.33. The lowest BCUT2D eigenvalue weighted by Crippen LogP contribution is -2.10. The van der Waals surface area contributed by atoms with Crippen molar-refractivity contribution in [3.8, 4) is 33.4 Å². The highest BCUT2D eigenvalue weighted by Crippen LogP contribution is 2.44. The number of fused-ring (bicyclic) bond motifs is 4. The molecule has 57 heavy (non-hydrogen) atoms. The molecule has 8 aromatic carbocycles. The zero-order chi connectivity index (χ0) is 39.7. The molecule has 9 rings (SSSR count). The zero-order valence-corrected chi connectivity index (χ0v) is 34.4. The third-order valence-corrected chi connectivity index (χ3v) is 11.5. The van der Waals surface area contributed by atoms with Gasteiger partial charge in [0.05, 0.1) is 0 Å². The Bertz CT molecular complexity index is 2770. The Morgan fingerprint density at radius 3 is 1.67 bits per heavy atom. The number of hydrogen-bond acceptors (Lipinski definition) is 2. The van der Waals surface area contributed by atoms with Crippen LogP contribution in [0.5, 0.6) is 0 Å². The average molecular weight is 756 g/mol. The van der Waals surface area contributed by atoms with E-state index in [4.69, 9.17) is 0 Å². The van der Waals surface area contributed by atoms with Crippen molar-refractivity contribution in [3.05, 3.63) is 212 Å². The van der Waals surface area contributed by atoms with Gasteiger partial charge in [-0.15, -0.1) is 11.3 Å². The number of aryl methyl sites for hydroxylation is 2. The van der Waals surface area contributed by atoms with Crippen LogP contribution in [0.1, 0.15) is 31.9 Å². The number of nitrogens with zero attached hydrogens (tertiary/aromatic N) is 1. The highest BCUT2D eigenvalue weighted by Gasteiger charge is 2.17. The molecule has 1 nitrogen and oxygen atoms in total. The first kappa shape index (κ1) is 38.8. The van der Waals surface area contributed by atoms with Gasteiger partial charge >= 0.3 is 0 Å². The number of thiophene rings is 1. The van der Waals surface area contributed by atoms with Crippen molar-refractivity contribution in [2.24, 2.45) is 0 Å². The molecule has 0 spiro atoms. The number of hydrogen-bond donors (Lipinski definition) is 0. The van der Waals surface area contributed by atoms with E-state index < -0.39 is 0 Å². The molecule has 0 N–H and O–H groups in total. The Balaban J connectivity index is 0.000000660. The van der Waals surface area contributed by atoms with Gasteiger partial charge in [0.1, 0.15) is 0 Å². The lowest BCUT2D eigenvalue weighted by atomic mass is 9.89. The predicted octanol–water partition coefficient (Wildman–Crippen LogP) is 17.1. The van der Waals surface area contributed by atoms with Crippen molar-refractivity contribution >= 4 is 59.3 Å². The van der Waals surface area contributed by atoms with Crippen molar-refractivity contribution in [3.63, 3.8) is 0 Å². The highest BCUT2D eigenvalue weighted by atomic mass is 32.1. The fourth-order valence-electron chi connectivity index (χ4n) is 7.66. The topological polar surface area (TPSA) is 3.24 Å². The molecule has 2 heteroatoms. The Hall–Kier alpha value is -6.48. The molecule has 0 saturated carbocycles. The van der Waals surface area contributed by atoms with Crippen LogP contribution >= 0.6 is 11.3 Å². The molecule has 280 valence electrons. The summed E-state index contributed by atoms with van der Waals surface area (Å²) >= 11 is 1.89. The van der Waals surface area contributed by atoms with Gasteiger partial charge in [0.15, 0.2) is 0 Å². The number of anilines is 3. The lowest BCUT2D eigenvalue weighted by molar-refractivity contribution is 1.27. The van der Waals surface area contributed by atoms with Gasteiger partial charge in [-0.3, -0.25) is 0 Å². The van der Waals surface area contributed by atoms with Gasteiger partial charge in [-0.05, 0) is 113 Å².